The van der Waals surface area contributed by atoms with Crippen molar-refractivity contribution in [2.75, 3.05) is 6.54 Å². The number of aliphatic carboxylic acids is 3. The molecule has 0 heterocycles. The minimum Gasteiger partial charge on any atom is -0.508 e. The number of carboxylic acid groups (broad SMARTS) is 3. The summed E-state index contributed by atoms with van der Waals surface area (Å²) < 4.78 is 0. The van der Waals surface area contributed by atoms with Gasteiger partial charge in [-0.2, -0.15) is 0 Å². The molecule has 71 heavy (non-hydrogen) atoms. The molecule has 0 aromatic heterocycles. The minimum absolute atomic E-state index is 0.00990. The third kappa shape index (κ3) is 22.3. The summed E-state index contributed by atoms with van der Waals surface area (Å²) in [6, 6.07) is -6.53. The van der Waals surface area contributed by atoms with E-state index in [1.807, 2.05) is 0 Å². The Morgan fingerprint density at radius 3 is 1.45 bits per heavy atom. The van der Waals surface area contributed by atoms with Crippen LogP contribution in [0.15, 0.2) is 24.3 Å². The summed E-state index contributed by atoms with van der Waals surface area (Å²) in [4.78, 5) is 154. The quantitative estimate of drug-likeness (QED) is 0.0368. The predicted octanol–water partition coefficient (Wildman–Crippen LogP) is -2.87. The van der Waals surface area contributed by atoms with Crippen LogP contribution >= 0.6 is 0 Å². The van der Waals surface area contributed by atoms with E-state index >= 15 is 0 Å². The Bertz CT molecular complexity index is 2080. The first kappa shape index (κ1) is 61.6. The van der Waals surface area contributed by atoms with Gasteiger partial charge >= 0.3 is 17.9 Å². The molecule has 14 N–H and O–H groups in total. The molecular weight excluding hydrogens is 939 g/mol. The fourth-order valence-corrected chi connectivity index (χ4v) is 6.64. The van der Waals surface area contributed by atoms with Crippen molar-refractivity contribution < 1.29 is 83.1 Å². The van der Waals surface area contributed by atoms with Crippen LogP contribution in [0.25, 0.3) is 0 Å². The van der Waals surface area contributed by atoms with E-state index in [0.29, 0.717) is 5.56 Å². The maximum Gasteiger partial charge on any atom is 0.326 e. The number of carbonyl (C=O) groups excluding carboxylic acids is 9. The van der Waals surface area contributed by atoms with Gasteiger partial charge in [0.05, 0.1) is 25.5 Å². The summed E-state index contributed by atoms with van der Waals surface area (Å²) in [5.41, 5.74) is 0.586. The van der Waals surface area contributed by atoms with Gasteiger partial charge < -0.3 is 73.4 Å². The predicted molar refractivity (Wildman–Crippen MR) is 249 cm³/mol. The van der Waals surface area contributed by atoms with Crippen molar-refractivity contribution in [1.29, 1.82) is 0 Å². The summed E-state index contributed by atoms with van der Waals surface area (Å²) in [5.74, 6) is -15.1. The largest absolute Gasteiger partial charge is 0.508 e. The molecule has 0 unspecified atom stereocenters. The SMILES string of the molecule is CC[C@H](C)[C@H](NC(=O)[C@@H](NC(=O)[C@@H](NC(=O)CNC(=O)[C@H](C)NC(=O)[C@H](Cc1ccc(O)cc1)NC(C)=O)[C@@H](C)O)C(C)C)C(=O)N[C@@H](CC(=O)O)C(=O)N[C@@H](CC(=O)O)C(=O)N[C@@H](CC(C)C)C(=O)O. The molecule has 9 amide bonds. The lowest BCUT2D eigenvalue weighted by molar-refractivity contribution is -0.145. The summed E-state index contributed by atoms with van der Waals surface area (Å²) >= 11 is 0. The highest BCUT2D eigenvalue weighted by Gasteiger charge is 2.37. The van der Waals surface area contributed by atoms with E-state index in [4.69, 9.17) is 0 Å². The van der Waals surface area contributed by atoms with Crippen LogP contribution < -0.4 is 47.9 Å². The number of benzene rings is 1. The van der Waals surface area contributed by atoms with E-state index < -0.39 is 157 Å². The summed E-state index contributed by atoms with van der Waals surface area (Å²) in [6.45, 7) is 12.4. The zero-order chi connectivity index (χ0) is 54.4. The van der Waals surface area contributed by atoms with Gasteiger partial charge in [0.15, 0.2) is 0 Å². The van der Waals surface area contributed by atoms with Gasteiger partial charge in [-0.05, 0) is 55.7 Å². The third-order valence-corrected chi connectivity index (χ3v) is 10.7. The fraction of sp³-hybridized carbons (Fsp3) is 0.600. The van der Waals surface area contributed by atoms with Gasteiger partial charge in [0, 0.05) is 13.3 Å². The summed E-state index contributed by atoms with van der Waals surface area (Å²) in [5, 5.41) is 69.5. The average molecular weight is 1010 g/mol. The maximum atomic E-state index is 13.8. The van der Waals surface area contributed by atoms with E-state index in [1.54, 1.807) is 32.9 Å². The smallest absolute Gasteiger partial charge is 0.326 e. The van der Waals surface area contributed by atoms with Crippen LogP contribution in [0.3, 0.4) is 0 Å². The van der Waals surface area contributed by atoms with Gasteiger partial charge in [-0.15, -0.1) is 0 Å². The molecular formula is C45H69N9O17. The number of hydrogen-bond acceptors (Lipinski definition) is 14. The van der Waals surface area contributed by atoms with Gasteiger partial charge in [0.1, 0.15) is 54.1 Å². The van der Waals surface area contributed by atoms with E-state index in [9.17, 15) is 83.1 Å². The van der Waals surface area contributed by atoms with Crippen molar-refractivity contribution in [2.24, 2.45) is 17.8 Å². The number of rotatable bonds is 30. The lowest BCUT2D eigenvalue weighted by Gasteiger charge is -2.30. The maximum absolute atomic E-state index is 13.8. The molecule has 0 saturated heterocycles. The molecule has 0 aliphatic heterocycles. The summed E-state index contributed by atoms with van der Waals surface area (Å²) in [6.07, 6.45) is -3.57. The number of carbonyl (C=O) groups is 12. The van der Waals surface area contributed by atoms with Gasteiger partial charge in [0.25, 0.3) is 0 Å². The molecule has 0 aliphatic carbocycles. The van der Waals surface area contributed by atoms with Crippen LogP contribution in [0, 0.1) is 17.8 Å². The molecule has 0 aliphatic rings. The van der Waals surface area contributed by atoms with Crippen LogP contribution in [0.4, 0.5) is 0 Å². The van der Waals surface area contributed by atoms with Gasteiger partial charge in [-0.3, -0.25) is 52.7 Å². The number of hydrogen-bond donors (Lipinski definition) is 14. The number of amides is 9. The lowest BCUT2D eigenvalue weighted by atomic mass is 9.95. The highest BCUT2D eigenvalue weighted by molar-refractivity contribution is 5.99. The molecule has 396 valence electrons. The van der Waals surface area contributed by atoms with E-state index in [2.05, 4.69) is 47.9 Å². The molecule has 0 radical (unpaired) electrons. The molecule has 1 aromatic carbocycles. The van der Waals surface area contributed by atoms with Crippen LogP contribution in [0.1, 0.15) is 93.6 Å². The van der Waals surface area contributed by atoms with E-state index in [-0.39, 0.29) is 30.9 Å². The molecule has 10 atom stereocenters. The Kier molecular flexibility index (Phi) is 25.7. The third-order valence-electron chi connectivity index (χ3n) is 10.7. The van der Waals surface area contributed by atoms with Crippen LogP contribution in [0.2, 0.25) is 0 Å². The van der Waals surface area contributed by atoms with Crippen molar-refractivity contribution in [3.63, 3.8) is 0 Å². The number of carboxylic acids is 3. The second-order valence-corrected chi connectivity index (χ2v) is 17.8. The van der Waals surface area contributed by atoms with Crippen molar-refractivity contribution in [3.8, 4) is 5.75 Å². The highest BCUT2D eigenvalue weighted by Crippen LogP contribution is 2.14. The Morgan fingerprint density at radius 2 is 1.00 bits per heavy atom. The van der Waals surface area contributed by atoms with Gasteiger partial charge in [0.2, 0.25) is 53.2 Å². The monoisotopic (exact) mass is 1010 g/mol. The molecule has 26 nitrogen and oxygen atoms in total. The first-order valence-corrected chi connectivity index (χ1v) is 22.8. The molecule has 1 rings (SSSR count). The first-order chi connectivity index (χ1) is 33.0. The highest BCUT2D eigenvalue weighted by atomic mass is 16.4. The number of phenolic OH excluding ortho intramolecular Hbond substituents is 1. The zero-order valence-electron chi connectivity index (χ0n) is 41.1. The second-order valence-electron chi connectivity index (χ2n) is 17.8. The number of nitrogens with one attached hydrogen (secondary N) is 9. The Labute approximate surface area is 410 Å². The van der Waals surface area contributed by atoms with Crippen molar-refractivity contribution in [3.05, 3.63) is 29.8 Å². The minimum atomic E-state index is -1.97. The van der Waals surface area contributed by atoms with E-state index in [1.165, 1.54) is 46.8 Å². The number of aliphatic hydroxyl groups is 1. The lowest BCUT2D eigenvalue weighted by Crippen LogP contribution is -2.62. The van der Waals surface area contributed by atoms with Crippen LogP contribution in [-0.2, 0) is 64.0 Å². The fourth-order valence-electron chi connectivity index (χ4n) is 6.64. The van der Waals surface area contributed by atoms with Gasteiger partial charge in [-0.25, -0.2) is 4.79 Å². The normalized spacial score (nSPS) is 15.3. The van der Waals surface area contributed by atoms with E-state index in [0.717, 1.165) is 6.92 Å². The van der Waals surface area contributed by atoms with Crippen molar-refractivity contribution >= 4 is 71.1 Å². The zero-order valence-corrected chi connectivity index (χ0v) is 41.1. The summed E-state index contributed by atoms with van der Waals surface area (Å²) in [7, 11) is 0. The first-order valence-electron chi connectivity index (χ1n) is 22.8. The van der Waals surface area contributed by atoms with Crippen molar-refractivity contribution in [1.82, 2.24) is 47.9 Å². The molecule has 26 heteroatoms. The Morgan fingerprint density at radius 1 is 0.535 bits per heavy atom. The van der Waals surface area contributed by atoms with Crippen LogP contribution in [0.5, 0.6) is 5.75 Å². The molecule has 0 bridgehead atoms. The molecule has 0 saturated carbocycles. The van der Waals surface area contributed by atoms with Gasteiger partial charge in [-0.1, -0.05) is 60.1 Å². The number of aliphatic hydroxyl groups excluding tert-OH is 1. The van der Waals surface area contributed by atoms with Crippen LogP contribution in [-0.4, -0.2) is 158 Å². The molecule has 0 fully saturated rings. The topological polar surface area (TPSA) is 414 Å². The Balaban J connectivity index is 3.15. The number of phenols is 1. The molecule has 1 aromatic rings. The standard InChI is InChI=1S/C45H69N9O17/c1-10-22(6)36(43(68)50-30(18-34(61)62)40(65)49-29(17-33(59)60)41(66)51-31(45(70)71)15-20(2)3)54-42(67)35(21(4)5)53-44(69)37(24(8)55)52-32(58)19-46-38(63)23(7)47-39(64)28(48-25(9)56)16-26-11-13-27(57)14-12-26/h11-14,20-24,28-31,35-37,55,57H,10,15-19H2,1-9H3,(H,46,63)(H,47,64)(H,48,56)(H,49,65)(H,50,68)(H,51,66)(H,52,58)(H,53,69)(H,54,67)(H,59,60)(H,61,62)(H,70,71)/t22-,23-,24+,28-,29-,30-,31-,35-,36-,37-/m0/s1. The Hall–Kier alpha value is -7.38. The second kappa shape index (κ2) is 29.6. The number of aromatic hydroxyl groups is 1. The molecule has 0 spiro atoms. The average Bonchev–Trinajstić information content (AvgIpc) is 3.26. The van der Waals surface area contributed by atoms with Crippen molar-refractivity contribution in [2.45, 2.75) is 149 Å².